The summed E-state index contributed by atoms with van der Waals surface area (Å²) in [4.78, 5) is 26.7. The largest absolute Gasteiger partial charge is 0.368 e. The first-order valence-electron chi connectivity index (χ1n) is 10.2. The summed E-state index contributed by atoms with van der Waals surface area (Å²) < 4.78 is 13.7. The molecule has 0 unspecified atom stereocenters. The number of hydrogen-bond donors (Lipinski definition) is 1. The van der Waals surface area contributed by atoms with Crippen LogP contribution < -0.4 is 10.2 Å². The Morgan fingerprint density at radius 1 is 1.00 bits per heavy atom. The molecule has 4 rings (SSSR count). The van der Waals surface area contributed by atoms with E-state index >= 15 is 0 Å². The number of pyridine rings is 3. The average Bonchev–Trinajstić information content (AvgIpc) is 2.84. The molecule has 1 amide bonds. The Kier molecular flexibility index (Phi) is 6.77. The van der Waals surface area contributed by atoms with Crippen LogP contribution in [0.25, 0.3) is 11.3 Å². The predicted molar refractivity (Wildman–Crippen MR) is 123 cm³/mol. The summed E-state index contributed by atoms with van der Waals surface area (Å²) in [5.41, 5.74) is 3.75. The lowest BCUT2D eigenvalue weighted by molar-refractivity contribution is -0.107. The summed E-state index contributed by atoms with van der Waals surface area (Å²) in [5.74, 6) is 0.211. The molecule has 1 aromatic carbocycles. The number of carbonyl (C=O) groups is 1. The van der Waals surface area contributed by atoms with E-state index in [0.29, 0.717) is 42.3 Å². The monoisotopic (exact) mass is 427 g/mol. The average molecular weight is 427 g/mol. The summed E-state index contributed by atoms with van der Waals surface area (Å²) in [7, 11) is 0. The van der Waals surface area contributed by atoms with Crippen molar-refractivity contribution in [2.45, 2.75) is 13.0 Å². The molecule has 32 heavy (non-hydrogen) atoms. The van der Waals surface area contributed by atoms with Gasteiger partial charge in [-0.2, -0.15) is 0 Å². The predicted octanol–water partition coefficient (Wildman–Crippen LogP) is 4.50. The molecular weight excluding hydrogens is 405 g/mol. The number of benzene rings is 1. The number of hydrogen-bond acceptors (Lipinski definition) is 5. The number of aromatic nitrogens is 3. The first kappa shape index (κ1) is 21.1. The minimum atomic E-state index is -0.330. The van der Waals surface area contributed by atoms with Crippen molar-refractivity contribution in [1.82, 2.24) is 15.0 Å². The van der Waals surface area contributed by atoms with Gasteiger partial charge in [0.15, 0.2) is 5.82 Å². The minimum absolute atomic E-state index is 0.330. The Morgan fingerprint density at radius 2 is 1.94 bits per heavy atom. The first-order chi connectivity index (χ1) is 15.7. The van der Waals surface area contributed by atoms with Crippen molar-refractivity contribution in [2.24, 2.45) is 0 Å². The molecule has 7 heteroatoms. The Morgan fingerprint density at radius 3 is 2.69 bits per heavy atom. The van der Waals surface area contributed by atoms with Gasteiger partial charge < -0.3 is 10.2 Å². The van der Waals surface area contributed by atoms with E-state index in [0.717, 1.165) is 17.7 Å². The van der Waals surface area contributed by atoms with Crippen LogP contribution in [-0.2, 0) is 17.8 Å². The van der Waals surface area contributed by atoms with E-state index in [1.165, 1.54) is 12.1 Å². The van der Waals surface area contributed by atoms with Crippen molar-refractivity contribution >= 4 is 17.9 Å². The molecule has 4 aromatic rings. The van der Waals surface area contributed by atoms with Gasteiger partial charge in [0.1, 0.15) is 5.82 Å². The lowest BCUT2D eigenvalue weighted by atomic mass is 10.1. The standard InChI is InChI=1S/C25H22FN5O/c26-21-7-3-6-20(15-21)23-9-10-24(31(18-32)17-19-5-4-12-27-16-19)25(30-23)29-14-11-22-8-1-2-13-28-22/h1-10,12-13,15-16,18H,11,14,17H2,(H,29,30). The summed E-state index contributed by atoms with van der Waals surface area (Å²) in [6, 6.07) is 19.4. The van der Waals surface area contributed by atoms with E-state index in [1.807, 2.05) is 36.4 Å². The fourth-order valence-electron chi connectivity index (χ4n) is 3.34. The smallest absolute Gasteiger partial charge is 0.214 e. The molecule has 160 valence electrons. The SMILES string of the molecule is O=CN(Cc1cccnc1)c1ccc(-c2cccc(F)c2)nc1NCCc1ccccn1. The lowest BCUT2D eigenvalue weighted by Crippen LogP contribution is -2.23. The molecule has 0 atom stereocenters. The number of carbonyl (C=O) groups excluding carboxylic acids is 1. The van der Waals surface area contributed by atoms with Gasteiger partial charge in [-0.25, -0.2) is 9.37 Å². The zero-order valence-electron chi connectivity index (χ0n) is 17.4. The van der Waals surface area contributed by atoms with Gasteiger partial charge in [0.25, 0.3) is 0 Å². The third-order valence-corrected chi connectivity index (χ3v) is 4.91. The van der Waals surface area contributed by atoms with Gasteiger partial charge in [0.2, 0.25) is 6.41 Å². The number of nitrogens with one attached hydrogen (secondary N) is 1. The van der Waals surface area contributed by atoms with E-state index in [-0.39, 0.29) is 5.82 Å². The first-order valence-corrected chi connectivity index (χ1v) is 10.2. The minimum Gasteiger partial charge on any atom is -0.368 e. The van der Waals surface area contributed by atoms with Crippen molar-refractivity contribution in [3.8, 4) is 11.3 Å². The normalized spacial score (nSPS) is 10.5. The molecule has 0 bridgehead atoms. The summed E-state index contributed by atoms with van der Waals surface area (Å²) in [6.07, 6.45) is 6.63. The molecule has 0 fully saturated rings. The highest BCUT2D eigenvalue weighted by Crippen LogP contribution is 2.29. The molecule has 0 saturated carbocycles. The molecule has 0 aliphatic carbocycles. The van der Waals surface area contributed by atoms with E-state index in [1.54, 1.807) is 41.7 Å². The zero-order chi connectivity index (χ0) is 22.2. The summed E-state index contributed by atoms with van der Waals surface area (Å²) >= 11 is 0. The Balaban J connectivity index is 1.63. The van der Waals surface area contributed by atoms with Crippen molar-refractivity contribution < 1.29 is 9.18 Å². The van der Waals surface area contributed by atoms with Gasteiger partial charge >= 0.3 is 0 Å². The maximum Gasteiger partial charge on any atom is 0.214 e. The third kappa shape index (κ3) is 5.31. The van der Waals surface area contributed by atoms with Crippen molar-refractivity contribution in [2.75, 3.05) is 16.8 Å². The van der Waals surface area contributed by atoms with Crippen LogP contribution in [-0.4, -0.2) is 27.9 Å². The molecule has 3 aromatic heterocycles. The molecule has 1 N–H and O–H groups in total. The maximum atomic E-state index is 13.7. The van der Waals surface area contributed by atoms with Gasteiger partial charge in [0, 0.05) is 42.8 Å². The van der Waals surface area contributed by atoms with Gasteiger partial charge in [-0.1, -0.05) is 24.3 Å². The summed E-state index contributed by atoms with van der Waals surface area (Å²) in [6.45, 7) is 0.927. The molecule has 0 aliphatic rings. The van der Waals surface area contributed by atoms with Crippen LogP contribution in [0.3, 0.4) is 0 Å². The second-order valence-corrected chi connectivity index (χ2v) is 7.17. The third-order valence-electron chi connectivity index (χ3n) is 4.91. The van der Waals surface area contributed by atoms with Crippen LogP contribution in [0.1, 0.15) is 11.3 Å². The Hall–Kier alpha value is -4.13. The van der Waals surface area contributed by atoms with Gasteiger partial charge in [0.05, 0.1) is 17.9 Å². The molecule has 3 heterocycles. The van der Waals surface area contributed by atoms with Crippen LogP contribution in [0.4, 0.5) is 15.9 Å². The molecule has 0 radical (unpaired) electrons. The fourth-order valence-corrected chi connectivity index (χ4v) is 3.34. The molecule has 6 nitrogen and oxygen atoms in total. The number of nitrogens with zero attached hydrogens (tertiary/aromatic N) is 4. The van der Waals surface area contributed by atoms with Crippen LogP contribution in [0.2, 0.25) is 0 Å². The van der Waals surface area contributed by atoms with Gasteiger partial charge in [-0.15, -0.1) is 0 Å². The maximum absolute atomic E-state index is 13.7. The highest BCUT2D eigenvalue weighted by molar-refractivity contribution is 5.83. The molecule has 0 aliphatic heterocycles. The van der Waals surface area contributed by atoms with Crippen molar-refractivity contribution in [3.05, 3.63) is 102 Å². The second kappa shape index (κ2) is 10.3. The van der Waals surface area contributed by atoms with E-state index in [9.17, 15) is 9.18 Å². The summed E-state index contributed by atoms with van der Waals surface area (Å²) in [5, 5.41) is 3.33. The van der Waals surface area contributed by atoms with Crippen LogP contribution >= 0.6 is 0 Å². The highest BCUT2D eigenvalue weighted by atomic mass is 19.1. The topological polar surface area (TPSA) is 71.0 Å². The van der Waals surface area contributed by atoms with Crippen LogP contribution in [0, 0.1) is 5.82 Å². The molecular formula is C25H22FN5O. The Bertz CT molecular complexity index is 1170. The lowest BCUT2D eigenvalue weighted by Gasteiger charge is -2.21. The van der Waals surface area contributed by atoms with Gasteiger partial charge in [-0.05, 0) is 48.0 Å². The quantitative estimate of drug-likeness (QED) is 0.399. The molecule has 0 saturated heterocycles. The zero-order valence-corrected chi connectivity index (χ0v) is 17.4. The van der Waals surface area contributed by atoms with Crippen LogP contribution in [0.15, 0.2) is 85.3 Å². The number of rotatable bonds is 9. The van der Waals surface area contributed by atoms with Crippen molar-refractivity contribution in [1.29, 1.82) is 0 Å². The fraction of sp³-hybridized carbons (Fsp3) is 0.120. The van der Waals surface area contributed by atoms with Gasteiger partial charge in [-0.3, -0.25) is 14.8 Å². The van der Waals surface area contributed by atoms with E-state index < -0.39 is 0 Å². The van der Waals surface area contributed by atoms with Crippen molar-refractivity contribution in [3.63, 3.8) is 0 Å². The number of anilines is 2. The number of halogens is 1. The van der Waals surface area contributed by atoms with E-state index in [4.69, 9.17) is 4.98 Å². The van der Waals surface area contributed by atoms with E-state index in [2.05, 4.69) is 15.3 Å². The molecule has 0 spiro atoms. The highest BCUT2D eigenvalue weighted by Gasteiger charge is 2.15. The Labute approximate surface area is 185 Å². The second-order valence-electron chi connectivity index (χ2n) is 7.17. The van der Waals surface area contributed by atoms with Crippen LogP contribution in [0.5, 0.6) is 0 Å². The number of amides is 1.